The van der Waals surface area contributed by atoms with Crippen molar-refractivity contribution in [1.82, 2.24) is 14.5 Å². The standard InChI is InChI=1S/C45H35N3Si/c1-45(2)35-19-11-8-16-31(35)32-26-27-37-39(41(32)45)33-17-9-12-20-36(33)48(37)30-24-22-28(23-25-30)42-40-34-18-10-13-21-38(34)49(3,4)44(40)47-43(46-42)29-14-6-5-7-15-29/h5-27H,1-4H3. The van der Waals surface area contributed by atoms with Crippen LogP contribution in [0.3, 0.4) is 0 Å². The fourth-order valence-corrected chi connectivity index (χ4v) is 11.8. The van der Waals surface area contributed by atoms with Crippen LogP contribution in [0, 0.1) is 0 Å². The van der Waals surface area contributed by atoms with E-state index < -0.39 is 8.07 Å². The highest BCUT2D eigenvalue weighted by Gasteiger charge is 2.42. The maximum absolute atomic E-state index is 5.32. The van der Waals surface area contributed by atoms with E-state index in [0.717, 1.165) is 28.3 Å². The average molecular weight is 646 g/mol. The molecule has 0 fully saturated rings. The summed E-state index contributed by atoms with van der Waals surface area (Å²) in [6.45, 7) is 9.60. The molecule has 0 saturated heterocycles. The highest BCUT2D eigenvalue weighted by atomic mass is 28.3. The Hall–Kier alpha value is -5.58. The predicted molar refractivity (Wildman–Crippen MR) is 207 cm³/mol. The Kier molecular flexibility index (Phi) is 5.79. The lowest BCUT2D eigenvalue weighted by molar-refractivity contribution is 0.666. The van der Waals surface area contributed by atoms with Gasteiger partial charge in [-0.05, 0) is 57.3 Å². The van der Waals surface area contributed by atoms with Gasteiger partial charge in [0, 0.05) is 43.9 Å². The van der Waals surface area contributed by atoms with E-state index >= 15 is 0 Å². The monoisotopic (exact) mass is 645 g/mol. The lowest BCUT2D eigenvalue weighted by Gasteiger charge is -2.22. The SMILES string of the molecule is CC1(C)c2ccccc2-c2ccc3c(c21)c1ccccc1n3-c1ccc(-c2nc(-c3ccccc3)nc3c2-c2ccccc2[Si]3(C)C)cc1. The van der Waals surface area contributed by atoms with Crippen molar-refractivity contribution in [2.75, 3.05) is 0 Å². The summed E-state index contributed by atoms with van der Waals surface area (Å²) in [5, 5.41) is 5.30. The van der Waals surface area contributed by atoms with Crippen molar-refractivity contribution in [2.45, 2.75) is 32.4 Å². The Morgan fingerprint density at radius 2 is 1.27 bits per heavy atom. The third kappa shape index (κ3) is 3.83. The maximum Gasteiger partial charge on any atom is 0.159 e. The number of hydrogen-bond donors (Lipinski definition) is 0. The van der Waals surface area contributed by atoms with Gasteiger partial charge < -0.3 is 4.57 Å². The molecule has 6 aromatic carbocycles. The first-order valence-corrected chi connectivity index (χ1v) is 20.2. The van der Waals surface area contributed by atoms with Crippen LogP contribution in [-0.4, -0.2) is 22.6 Å². The van der Waals surface area contributed by atoms with Crippen molar-refractivity contribution in [2.24, 2.45) is 0 Å². The molecule has 0 saturated carbocycles. The summed E-state index contributed by atoms with van der Waals surface area (Å²) >= 11 is 0. The predicted octanol–water partition coefficient (Wildman–Crippen LogP) is 10.0. The average Bonchev–Trinajstić information content (AvgIpc) is 3.69. The molecule has 1 aliphatic carbocycles. The van der Waals surface area contributed by atoms with Gasteiger partial charge in [-0.1, -0.05) is 142 Å². The van der Waals surface area contributed by atoms with Crippen molar-refractivity contribution in [3.63, 3.8) is 0 Å². The normalized spacial score (nSPS) is 14.9. The number of rotatable bonds is 3. The van der Waals surface area contributed by atoms with Gasteiger partial charge in [0.2, 0.25) is 0 Å². The minimum atomic E-state index is -2.02. The topological polar surface area (TPSA) is 30.7 Å². The Bertz CT molecular complexity index is 2650. The van der Waals surface area contributed by atoms with E-state index in [0.29, 0.717) is 0 Å². The summed E-state index contributed by atoms with van der Waals surface area (Å²) in [5.41, 5.74) is 14.7. The van der Waals surface area contributed by atoms with Crippen molar-refractivity contribution in [3.8, 4) is 50.6 Å². The van der Waals surface area contributed by atoms with E-state index in [1.807, 2.05) is 6.07 Å². The van der Waals surface area contributed by atoms with E-state index in [9.17, 15) is 0 Å². The molecule has 0 unspecified atom stereocenters. The lowest BCUT2D eigenvalue weighted by Crippen LogP contribution is -2.50. The third-order valence-electron chi connectivity index (χ3n) is 11.2. The molecule has 0 N–H and O–H groups in total. The highest BCUT2D eigenvalue weighted by Crippen LogP contribution is 2.53. The van der Waals surface area contributed by atoms with Crippen molar-refractivity contribution >= 4 is 40.4 Å². The Labute approximate surface area is 287 Å². The van der Waals surface area contributed by atoms with Crippen LogP contribution in [0.4, 0.5) is 0 Å². The molecular formula is C45H35N3Si. The largest absolute Gasteiger partial charge is 0.309 e. The zero-order valence-electron chi connectivity index (χ0n) is 28.1. The van der Waals surface area contributed by atoms with Gasteiger partial charge in [-0.2, -0.15) is 0 Å². The Morgan fingerprint density at radius 3 is 2.08 bits per heavy atom. The summed E-state index contributed by atoms with van der Waals surface area (Å²) in [6, 6.07) is 50.8. The fraction of sp³-hybridized carbons (Fsp3) is 0.111. The van der Waals surface area contributed by atoms with Gasteiger partial charge >= 0.3 is 0 Å². The number of aromatic nitrogens is 3. The highest BCUT2D eigenvalue weighted by molar-refractivity contribution is 7.03. The minimum Gasteiger partial charge on any atom is -0.309 e. The molecule has 49 heavy (non-hydrogen) atoms. The van der Waals surface area contributed by atoms with Crippen LogP contribution in [0.2, 0.25) is 13.1 Å². The van der Waals surface area contributed by atoms with Gasteiger partial charge in [-0.3, -0.25) is 0 Å². The molecule has 2 aromatic heterocycles. The van der Waals surface area contributed by atoms with Gasteiger partial charge in [-0.25, -0.2) is 9.97 Å². The first-order chi connectivity index (χ1) is 23.8. The zero-order chi connectivity index (χ0) is 33.1. The second-order valence-electron chi connectivity index (χ2n) is 14.6. The van der Waals surface area contributed by atoms with Crippen LogP contribution in [0.1, 0.15) is 25.0 Å². The summed E-state index contributed by atoms with van der Waals surface area (Å²) < 4.78 is 2.44. The minimum absolute atomic E-state index is 0.0958. The van der Waals surface area contributed by atoms with Gasteiger partial charge in [-0.15, -0.1) is 0 Å². The van der Waals surface area contributed by atoms with Crippen LogP contribution in [-0.2, 0) is 5.41 Å². The second-order valence-corrected chi connectivity index (χ2v) is 18.9. The molecule has 2 aliphatic rings. The van der Waals surface area contributed by atoms with Crippen LogP contribution < -0.4 is 10.5 Å². The quantitative estimate of drug-likeness (QED) is 0.179. The van der Waals surface area contributed by atoms with Crippen LogP contribution in [0.15, 0.2) is 140 Å². The fourth-order valence-electron chi connectivity index (χ4n) is 8.85. The lowest BCUT2D eigenvalue weighted by atomic mass is 9.80. The smallest absolute Gasteiger partial charge is 0.159 e. The molecule has 10 rings (SSSR count). The Balaban J connectivity index is 1.18. The van der Waals surface area contributed by atoms with Gasteiger partial charge in [0.15, 0.2) is 5.82 Å². The molecule has 1 aliphatic heterocycles. The molecule has 0 radical (unpaired) electrons. The van der Waals surface area contributed by atoms with Crippen LogP contribution >= 0.6 is 0 Å². The van der Waals surface area contributed by atoms with E-state index in [4.69, 9.17) is 9.97 Å². The van der Waals surface area contributed by atoms with E-state index in [-0.39, 0.29) is 5.41 Å². The Morgan fingerprint density at radius 1 is 0.571 bits per heavy atom. The number of nitrogens with zero attached hydrogens (tertiary/aromatic N) is 3. The summed E-state index contributed by atoms with van der Waals surface area (Å²) in [5.74, 6) is 0.798. The molecule has 3 heterocycles. The molecule has 4 heteroatoms. The second kappa shape index (κ2) is 9.97. The molecule has 8 aromatic rings. The van der Waals surface area contributed by atoms with Crippen LogP contribution in [0.5, 0.6) is 0 Å². The number of fused-ring (bicyclic) bond motifs is 10. The van der Waals surface area contributed by atoms with Gasteiger partial charge in [0.05, 0.1) is 16.7 Å². The van der Waals surface area contributed by atoms with Crippen molar-refractivity contribution in [1.29, 1.82) is 0 Å². The number of hydrogen-bond acceptors (Lipinski definition) is 2. The van der Waals surface area contributed by atoms with Crippen LogP contribution in [0.25, 0.3) is 72.4 Å². The molecule has 0 spiro atoms. The van der Waals surface area contributed by atoms with E-state index in [1.54, 1.807) is 0 Å². The number of para-hydroxylation sites is 1. The first-order valence-electron chi connectivity index (χ1n) is 17.2. The summed E-state index contributed by atoms with van der Waals surface area (Å²) in [4.78, 5) is 10.6. The summed E-state index contributed by atoms with van der Waals surface area (Å²) in [7, 11) is -2.02. The molecular weight excluding hydrogens is 611 g/mol. The molecule has 3 nitrogen and oxygen atoms in total. The zero-order valence-corrected chi connectivity index (χ0v) is 29.1. The summed E-state index contributed by atoms with van der Waals surface area (Å²) in [6.07, 6.45) is 0. The number of benzene rings is 6. The van der Waals surface area contributed by atoms with E-state index in [1.165, 1.54) is 65.7 Å². The van der Waals surface area contributed by atoms with Crippen molar-refractivity contribution in [3.05, 3.63) is 151 Å². The molecule has 234 valence electrons. The maximum atomic E-state index is 5.32. The third-order valence-corrected chi connectivity index (χ3v) is 14.5. The van der Waals surface area contributed by atoms with Crippen molar-refractivity contribution < 1.29 is 0 Å². The molecule has 0 bridgehead atoms. The van der Waals surface area contributed by atoms with Gasteiger partial charge in [0.25, 0.3) is 0 Å². The first kappa shape index (κ1) is 28.4. The van der Waals surface area contributed by atoms with Gasteiger partial charge in [0.1, 0.15) is 8.07 Å². The van der Waals surface area contributed by atoms with E-state index in [2.05, 4.69) is 165 Å². The molecule has 0 amide bonds. The molecule has 0 atom stereocenters.